The number of nitrogens with zero attached hydrogens (tertiary/aromatic N) is 1. The summed E-state index contributed by atoms with van der Waals surface area (Å²) < 4.78 is 0. The van der Waals surface area contributed by atoms with Gasteiger partial charge in [0.1, 0.15) is 0 Å². The zero-order valence-electron chi connectivity index (χ0n) is 14.3. The summed E-state index contributed by atoms with van der Waals surface area (Å²) in [6.07, 6.45) is 3.32. The Hall–Kier alpha value is -2.04. The molecule has 1 heterocycles. The third kappa shape index (κ3) is 4.57. The number of para-hydroxylation sites is 1. The average Bonchev–Trinajstić information content (AvgIpc) is 2.65. The van der Waals surface area contributed by atoms with Crippen LogP contribution in [0.5, 0.6) is 0 Å². The van der Waals surface area contributed by atoms with Crippen LogP contribution in [0.25, 0.3) is 0 Å². The van der Waals surface area contributed by atoms with E-state index in [-0.39, 0.29) is 18.2 Å². The summed E-state index contributed by atoms with van der Waals surface area (Å²) in [5.74, 6) is -0.266. The first kappa shape index (κ1) is 18.7. The topological polar surface area (TPSA) is 49.4 Å². The van der Waals surface area contributed by atoms with E-state index in [1.54, 1.807) is 36.4 Å². The lowest BCUT2D eigenvalue weighted by Gasteiger charge is -2.27. The van der Waals surface area contributed by atoms with E-state index in [1.165, 1.54) is 0 Å². The maximum Gasteiger partial charge on any atom is 0.255 e. The fourth-order valence-electron chi connectivity index (χ4n) is 3.08. The molecule has 1 aliphatic heterocycles. The third-order valence-electron chi connectivity index (χ3n) is 4.44. The Morgan fingerprint density at radius 3 is 2.46 bits per heavy atom. The molecule has 3 rings (SSSR count). The standard InChI is InChI=1S/C20H20Cl2N2O2/c21-15-9-8-14(17(22)13-15)12-19(25)23-18-7-3-2-6-16(18)20(26)24-10-4-1-5-11-24/h2-3,6-9,13H,1,4-5,10-12H2,(H,23,25). The van der Waals surface area contributed by atoms with Gasteiger partial charge >= 0.3 is 0 Å². The van der Waals surface area contributed by atoms with Crippen LogP contribution in [0.1, 0.15) is 35.2 Å². The van der Waals surface area contributed by atoms with Crippen LogP contribution in [0.4, 0.5) is 5.69 Å². The number of hydrogen-bond acceptors (Lipinski definition) is 2. The molecule has 6 heteroatoms. The second-order valence-electron chi connectivity index (χ2n) is 6.36. The van der Waals surface area contributed by atoms with Crippen LogP contribution in [0.3, 0.4) is 0 Å². The van der Waals surface area contributed by atoms with Gasteiger partial charge in [-0.2, -0.15) is 0 Å². The third-order valence-corrected chi connectivity index (χ3v) is 5.03. The van der Waals surface area contributed by atoms with Crippen molar-refractivity contribution in [2.45, 2.75) is 25.7 Å². The quantitative estimate of drug-likeness (QED) is 0.814. The van der Waals surface area contributed by atoms with Gasteiger partial charge in [0.15, 0.2) is 0 Å². The number of carbonyl (C=O) groups is 2. The van der Waals surface area contributed by atoms with E-state index < -0.39 is 0 Å². The van der Waals surface area contributed by atoms with Crippen molar-refractivity contribution in [2.75, 3.05) is 18.4 Å². The van der Waals surface area contributed by atoms with E-state index in [9.17, 15) is 9.59 Å². The molecule has 0 unspecified atom stereocenters. The molecular formula is C20H20Cl2N2O2. The summed E-state index contributed by atoms with van der Waals surface area (Å²) in [5, 5.41) is 3.82. The van der Waals surface area contributed by atoms with E-state index in [2.05, 4.69) is 5.32 Å². The predicted molar refractivity (Wildman–Crippen MR) is 105 cm³/mol. The minimum absolute atomic E-state index is 0.0369. The first-order chi connectivity index (χ1) is 12.5. The summed E-state index contributed by atoms with van der Waals surface area (Å²) in [4.78, 5) is 27.1. The van der Waals surface area contributed by atoms with Gasteiger partial charge in [0.2, 0.25) is 5.91 Å². The Balaban J connectivity index is 1.73. The molecule has 136 valence electrons. The van der Waals surface area contributed by atoms with Crippen molar-refractivity contribution < 1.29 is 9.59 Å². The van der Waals surface area contributed by atoms with Crippen molar-refractivity contribution in [3.05, 3.63) is 63.6 Å². The van der Waals surface area contributed by atoms with Crippen LogP contribution in [0.15, 0.2) is 42.5 Å². The van der Waals surface area contributed by atoms with Crippen molar-refractivity contribution in [1.82, 2.24) is 4.90 Å². The number of nitrogens with one attached hydrogen (secondary N) is 1. The van der Waals surface area contributed by atoms with Crippen molar-refractivity contribution in [1.29, 1.82) is 0 Å². The zero-order valence-corrected chi connectivity index (χ0v) is 15.8. The van der Waals surface area contributed by atoms with E-state index in [1.807, 2.05) is 11.0 Å². The molecule has 1 fully saturated rings. The van der Waals surface area contributed by atoms with Gasteiger partial charge in [-0.25, -0.2) is 0 Å². The minimum atomic E-state index is -0.229. The van der Waals surface area contributed by atoms with Crippen LogP contribution < -0.4 is 5.32 Å². The molecule has 26 heavy (non-hydrogen) atoms. The molecule has 1 saturated heterocycles. The van der Waals surface area contributed by atoms with Crippen LogP contribution >= 0.6 is 23.2 Å². The smallest absolute Gasteiger partial charge is 0.255 e. The number of halogens is 2. The van der Waals surface area contributed by atoms with Gasteiger partial charge in [-0.3, -0.25) is 9.59 Å². The van der Waals surface area contributed by atoms with Gasteiger partial charge in [-0.1, -0.05) is 41.4 Å². The number of likely N-dealkylation sites (tertiary alicyclic amines) is 1. The summed E-state index contributed by atoms with van der Waals surface area (Å²) >= 11 is 12.0. The SMILES string of the molecule is O=C(Cc1ccc(Cl)cc1Cl)Nc1ccccc1C(=O)N1CCCCC1. The molecule has 1 aliphatic rings. The van der Waals surface area contributed by atoms with E-state index in [0.29, 0.717) is 26.9 Å². The van der Waals surface area contributed by atoms with Crippen molar-refractivity contribution in [2.24, 2.45) is 0 Å². The highest BCUT2D eigenvalue weighted by Crippen LogP contribution is 2.23. The van der Waals surface area contributed by atoms with Crippen molar-refractivity contribution in [3.8, 4) is 0 Å². The van der Waals surface area contributed by atoms with Gasteiger partial charge in [-0.15, -0.1) is 0 Å². The number of benzene rings is 2. The molecule has 0 aromatic heterocycles. The highest BCUT2D eigenvalue weighted by atomic mass is 35.5. The highest BCUT2D eigenvalue weighted by Gasteiger charge is 2.21. The number of amides is 2. The van der Waals surface area contributed by atoms with E-state index in [4.69, 9.17) is 23.2 Å². The number of piperidine rings is 1. The molecule has 1 N–H and O–H groups in total. The highest BCUT2D eigenvalue weighted by molar-refractivity contribution is 6.35. The lowest BCUT2D eigenvalue weighted by atomic mass is 10.1. The van der Waals surface area contributed by atoms with E-state index >= 15 is 0 Å². The fraction of sp³-hybridized carbons (Fsp3) is 0.300. The van der Waals surface area contributed by atoms with Crippen molar-refractivity contribution >= 4 is 40.7 Å². The van der Waals surface area contributed by atoms with Gasteiger partial charge < -0.3 is 10.2 Å². The van der Waals surface area contributed by atoms with Gasteiger partial charge in [0, 0.05) is 23.1 Å². The Kier molecular flexibility index (Phi) is 6.17. The molecule has 0 saturated carbocycles. The van der Waals surface area contributed by atoms with Crippen LogP contribution in [-0.2, 0) is 11.2 Å². The second-order valence-corrected chi connectivity index (χ2v) is 7.20. The Labute approximate surface area is 163 Å². The first-order valence-corrected chi connectivity index (χ1v) is 9.42. The molecular weight excluding hydrogens is 371 g/mol. The second kappa shape index (κ2) is 8.56. The number of anilines is 1. The first-order valence-electron chi connectivity index (χ1n) is 8.66. The summed E-state index contributed by atoms with van der Waals surface area (Å²) in [6.45, 7) is 1.53. The molecule has 2 aromatic rings. The van der Waals surface area contributed by atoms with Gasteiger partial charge in [0.25, 0.3) is 5.91 Å². The fourth-order valence-corrected chi connectivity index (χ4v) is 3.55. The molecule has 0 atom stereocenters. The Bertz CT molecular complexity index is 817. The zero-order chi connectivity index (χ0) is 18.5. The van der Waals surface area contributed by atoms with Crippen molar-refractivity contribution in [3.63, 3.8) is 0 Å². The molecule has 4 nitrogen and oxygen atoms in total. The van der Waals surface area contributed by atoms with Crippen LogP contribution in [-0.4, -0.2) is 29.8 Å². The lowest BCUT2D eigenvalue weighted by molar-refractivity contribution is -0.115. The Morgan fingerprint density at radius 1 is 1.00 bits per heavy atom. The average molecular weight is 391 g/mol. The van der Waals surface area contributed by atoms with Gasteiger partial charge in [-0.05, 0) is 49.1 Å². The number of carbonyl (C=O) groups excluding carboxylic acids is 2. The molecule has 0 bridgehead atoms. The molecule has 2 amide bonds. The molecule has 0 radical (unpaired) electrons. The Morgan fingerprint density at radius 2 is 1.73 bits per heavy atom. The minimum Gasteiger partial charge on any atom is -0.339 e. The van der Waals surface area contributed by atoms with Gasteiger partial charge in [0.05, 0.1) is 17.7 Å². The molecule has 2 aromatic carbocycles. The molecule has 0 spiro atoms. The number of hydrogen-bond donors (Lipinski definition) is 1. The summed E-state index contributed by atoms with van der Waals surface area (Å²) in [7, 11) is 0. The largest absolute Gasteiger partial charge is 0.339 e. The van der Waals surface area contributed by atoms with E-state index in [0.717, 1.165) is 32.4 Å². The summed E-state index contributed by atoms with van der Waals surface area (Å²) in [5.41, 5.74) is 1.73. The predicted octanol–water partition coefficient (Wildman–Crippen LogP) is 4.80. The maximum absolute atomic E-state index is 12.8. The number of rotatable bonds is 4. The van der Waals surface area contributed by atoms with Crippen LogP contribution in [0, 0.1) is 0 Å². The monoisotopic (exact) mass is 390 g/mol. The van der Waals surface area contributed by atoms with Crippen LogP contribution in [0.2, 0.25) is 10.0 Å². The summed E-state index contributed by atoms with van der Waals surface area (Å²) in [6, 6.07) is 12.2. The lowest BCUT2D eigenvalue weighted by Crippen LogP contribution is -2.36. The normalized spacial score (nSPS) is 14.2. The molecule has 0 aliphatic carbocycles. The maximum atomic E-state index is 12.8.